The molecule has 0 saturated heterocycles. The standard InChI is InChI=1S/C23H16O5/c1-2-11-27-15-8-10-19-21(13-15)28-20-12-14(24)7-9-18(20)22(19)16-5-3-4-6-17(16)23(25)26/h2-10,12-13H,1,11H2,(H,25,26)/p-1. The molecule has 1 aliphatic heterocycles. The summed E-state index contributed by atoms with van der Waals surface area (Å²) in [4.78, 5) is 23.5. The molecule has 2 aliphatic rings. The van der Waals surface area contributed by atoms with Crippen LogP contribution in [0, 0.1) is 0 Å². The van der Waals surface area contributed by atoms with Crippen LogP contribution in [-0.2, 0) is 0 Å². The fourth-order valence-corrected chi connectivity index (χ4v) is 3.27. The Bertz CT molecular complexity index is 1240. The summed E-state index contributed by atoms with van der Waals surface area (Å²) in [5.41, 5.74) is 2.13. The van der Waals surface area contributed by atoms with Crippen LogP contribution in [0.5, 0.6) is 5.75 Å². The van der Waals surface area contributed by atoms with Gasteiger partial charge >= 0.3 is 0 Å². The molecule has 0 unspecified atom stereocenters. The second kappa shape index (κ2) is 7.04. The summed E-state index contributed by atoms with van der Waals surface area (Å²) in [5, 5.41) is 12.4. The van der Waals surface area contributed by atoms with Crippen molar-refractivity contribution in [3.8, 4) is 28.2 Å². The maximum atomic E-state index is 11.9. The Balaban J connectivity index is 2.09. The monoisotopic (exact) mass is 371 g/mol. The fraction of sp³-hybridized carbons (Fsp3) is 0.0435. The predicted molar refractivity (Wildman–Crippen MR) is 105 cm³/mol. The molecular formula is C23H15O5-. The second-order valence-corrected chi connectivity index (χ2v) is 6.23. The normalized spacial score (nSPS) is 10.9. The molecule has 138 valence electrons. The van der Waals surface area contributed by atoms with Crippen molar-refractivity contribution in [2.24, 2.45) is 0 Å². The number of hydrogen-bond acceptors (Lipinski definition) is 5. The fourth-order valence-electron chi connectivity index (χ4n) is 3.27. The topological polar surface area (TPSA) is 79.6 Å². The number of rotatable bonds is 5. The first-order valence-corrected chi connectivity index (χ1v) is 8.63. The first kappa shape index (κ1) is 17.5. The highest BCUT2D eigenvalue weighted by Gasteiger charge is 2.19. The summed E-state index contributed by atoms with van der Waals surface area (Å²) in [7, 11) is 0. The molecule has 5 heteroatoms. The maximum Gasteiger partial charge on any atom is 0.182 e. The third-order valence-corrected chi connectivity index (χ3v) is 4.45. The van der Waals surface area contributed by atoms with Crippen LogP contribution in [0.1, 0.15) is 10.4 Å². The number of hydrogen-bond donors (Lipinski definition) is 0. The molecule has 2 aromatic rings. The van der Waals surface area contributed by atoms with Gasteiger partial charge in [0.2, 0.25) is 0 Å². The highest BCUT2D eigenvalue weighted by Crippen LogP contribution is 2.41. The van der Waals surface area contributed by atoms with Gasteiger partial charge in [0, 0.05) is 34.2 Å². The van der Waals surface area contributed by atoms with Gasteiger partial charge in [0.05, 0.1) is 5.97 Å². The molecule has 0 atom stereocenters. The molecule has 28 heavy (non-hydrogen) atoms. The van der Waals surface area contributed by atoms with Crippen LogP contribution in [0.15, 0.2) is 82.5 Å². The molecule has 0 saturated carbocycles. The van der Waals surface area contributed by atoms with E-state index in [2.05, 4.69) is 6.58 Å². The summed E-state index contributed by atoms with van der Waals surface area (Å²) in [6, 6.07) is 16.4. The minimum absolute atomic E-state index is 0.0643. The number of carbonyl (C=O) groups is 1. The van der Waals surface area contributed by atoms with E-state index in [0.717, 1.165) is 0 Å². The highest BCUT2D eigenvalue weighted by atomic mass is 16.5. The van der Waals surface area contributed by atoms with Gasteiger partial charge in [0.15, 0.2) is 5.43 Å². The SMILES string of the molecule is C=CCOc1ccc2c(-c3ccccc3C(=O)[O-])c3ccc(=O)cc-3oc2c1. The molecule has 2 aromatic carbocycles. The number of ether oxygens (including phenoxy) is 1. The van der Waals surface area contributed by atoms with Crippen molar-refractivity contribution >= 4 is 16.9 Å². The van der Waals surface area contributed by atoms with Crippen LogP contribution in [0.25, 0.3) is 33.4 Å². The van der Waals surface area contributed by atoms with Gasteiger partial charge in [0.1, 0.15) is 23.7 Å². The number of carbonyl (C=O) groups excluding carboxylic acids is 1. The lowest BCUT2D eigenvalue weighted by atomic mass is 9.91. The zero-order chi connectivity index (χ0) is 19.7. The van der Waals surface area contributed by atoms with Crippen molar-refractivity contribution in [2.45, 2.75) is 0 Å². The molecule has 0 N–H and O–H groups in total. The molecule has 4 rings (SSSR count). The van der Waals surface area contributed by atoms with Crippen LogP contribution < -0.4 is 15.3 Å². The van der Waals surface area contributed by atoms with E-state index in [-0.39, 0.29) is 11.0 Å². The molecule has 0 aromatic heterocycles. The molecule has 0 bridgehead atoms. The molecule has 0 spiro atoms. The van der Waals surface area contributed by atoms with Crippen molar-refractivity contribution in [1.82, 2.24) is 0 Å². The lowest BCUT2D eigenvalue weighted by molar-refractivity contribution is -0.254. The zero-order valence-electron chi connectivity index (χ0n) is 14.8. The number of carboxylic acids is 1. The molecule has 0 radical (unpaired) electrons. The summed E-state index contributed by atoms with van der Waals surface area (Å²) in [6.07, 6.45) is 1.63. The maximum absolute atomic E-state index is 11.9. The zero-order valence-corrected chi connectivity index (χ0v) is 14.8. The van der Waals surface area contributed by atoms with E-state index in [9.17, 15) is 14.7 Å². The average molecular weight is 371 g/mol. The van der Waals surface area contributed by atoms with E-state index in [1.807, 2.05) is 6.07 Å². The Hall–Kier alpha value is -3.86. The minimum atomic E-state index is -1.27. The Kier molecular flexibility index (Phi) is 4.41. The second-order valence-electron chi connectivity index (χ2n) is 6.23. The molecule has 1 aliphatic carbocycles. The van der Waals surface area contributed by atoms with Crippen molar-refractivity contribution in [2.75, 3.05) is 6.61 Å². The van der Waals surface area contributed by atoms with Crippen LogP contribution in [0.2, 0.25) is 0 Å². The number of fused-ring (bicyclic) bond motifs is 2. The van der Waals surface area contributed by atoms with E-state index in [1.165, 1.54) is 18.2 Å². The Morgan fingerprint density at radius 1 is 1.07 bits per heavy atom. The summed E-state index contributed by atoms with van der Waals surface area (Å²) < 4.78 is 11.5. The number of benzene rings is 3. The van der Waals surface area contributed by atoms with E-state index in [4.69, 9.17) is 9.15 Å². The van der Waals surface area contributed by atoms with E-state index < -0.39 is 5.97 Å². The third kappa shape index (κ3) is 3.03. The molecule has 0 fully saturated rings. The van der Waals surface area contributed by atoms with Gasteiger partial charge in [-0.15, -0.1) is 0 Å². The first-order chi connectivity index (χ1) is 13.6. The molecule has 5 nitrogen and oxygen atoms in total. The first-order valence-electron chi connectivity index (χ1n) is 8.63. The van der Waals surface area contributed by atoms with Gasteiger partial charge < -0.3 is 19.1 Å². The van der Waals surface area contributed by atoms with Gasteiger partial charge in [-0.2, -0.15) is 0 Å². The molecular weight excluding hydrogens is 356 g/mol. The van der Waals surface area contributed by atoms with E-state index in [0.29, 0.717) is 45.8 Å². The van der Waals surface area contributed by atoms with Crippen molar-refractivity contribution in [3.05, 3.63) is 89.1 Å². The van der Waals surface area contributed by atoms with Crippen molar-refractivity contribution < 1.29 is 19.1 Å². The van der Waals surface area contributed by atoms with Gasteiger partial charge in [-0.3, -0.25) is 4.79 Å². The van der Waals surface area contributed by atoms with Gasteiger partial charge in [0.25, 0.3) is 0 Å². The lowest BCUT2D eigenvalue weighted by Crippen LogP contribution is -2.23. The summed E-state index contributed by atoms with van der Waals surface area (Å²) in [5.74, 6) is -0.332. The highest BCUT2D eigenvalue weighted by molar-refractivity contribution is 6.07. The Morgan fingerprint density at radius 2 is 1.89 bits per heavy atom. The molecule has 0 amide bonds. The van der Waals surface area contributed by atoms with Gasteiger partial charge in [-0.1, -0.05) is 36.9 Å². The quantitative estimate of drug-likeness (QED) is 0.396. The summed E-state index contributed by atoms with van der Waals surface area (Å²) >= 11 is 0. The van der Waals surface area contributed by atoms with Gasteiger partial charge in [-0.25, -0.2) is 0 Å². The van der Waals surface area contributed by atoms with Crippen LogP contribution in [0.3, 0.4) is 0 Å². The van der Waals surface area contributed by atoms with E-state index >= 15 is 0 Å². The smallest absolute Gasteiger partial charge is 0.182 e. The van der Waals surface area contributed by atoms with E-state index in [1.54, 1.807) is 42.5 Å². The Morgan fingerprint density at radius 3 is 2.68 bits per heavy atom. The Labute approximate surface area is 160 Å². The lowest BCUT2D eigenvalue weighted by Gasteiger charge is -2.18. The van der Waals surface area contributed by atoms with Crippen LogP contribution in [-0.4, -0.2) is 12.6 Å². The van der Waals surface area contributed by atoms with Crippen LogP contribution >= 0.6 is 0 Å². The number of carboxylic acid groups (broad SMARTS) is 1. The number of aromatic carboxylic acids is 1. The minimum Gasteiger partial charge on any atom is -0.545 e. The third-order valence-electron chi connectivity index (χ3n) is 4.45. The average Bonchev–Trinajstić information content (AvgIpc) is 2.70. The van der Waals surface area contributed by atoms with Crippen molar-refractivity contribution in [3.63, 3.8) is 0 Å². The van der Waals surface area contributed by atoms with Crippen LogP contribution in [0.4, 0.5) is 0 Å². The molecule has 1 heterocycles. The predicted octanol–water partition coefficient (Wildman–Crippen LogP) is 3.49. The summed E-state index contributed by atoms with van der Waals surface area (Å²) in [6.45, 7) is 3.96. The largest absolute Gasteiger partial charge is 0.545 e. The van der Waals surface area contributed by atoms with Crippen molar-refractivity contribution in [1.29, 1.82) is 0 Å². The van der Waals surface area contributed by atoms with Gasteiger partial charge in [-0.05, 0) is 29.8 Å².